The Morgan fingerprint density at radius 2 is 1.90 bits per heavy atom. The number of hydrogen-bond donors (Lipinski definition) is 1. The van der Waals surface area contributed by atoms with Crippen LogP contribution in [0.2, 0.25) is 5.02 Å². The van der Waals surface area contributed by atoms with Crippen molar-refractivity contribution in [3.63, 3.8) is 0 Å². The van der Waals surface area contributed by atoms with Crippen molar-refractivity contribution in [1.82, 2.24) is 5.32 Å². The summed E-state index contributed by atoms with van der Waals surface area (Å²) in [5, 5.41) is 2.50. The van der Waals surface area contributed by atoms with Crippen molar-refractivity contribution in [3.05, 3.63) is 58.9 Å². The number of halogens is 2. The predicted octanol–water partition coefficient (Wildman–Crippen LogP) is 4.34. The topological polar surface area (TPSA) is 75.7 Å². The molecule has 9 heteroatoms. The zero-order valence-corrected chi connectivity index (χ0v) is 19.6. The van der Waals surface area contributed by atoms with Gasteiger partial charge in [0.25, 0.3) is 0 Å². The third-order valence-corrected chi connectivity index (χ3v) is 6.16. The van der Waals surface area contributed by atoms with Crippen LogP contribution >= 0.6 is 11.6 Å². The van der Waals surface area contributed by atoms with E-state index in [4.69, 9.17) is 16.3 Å². The van der Waals surface area contributed by atoms with Crippen molar-refractivity contribution in [2.75, 3.05) is 23.7 Å². The first-order valence-electron chi connectivity index (χ1n) is 10.00. The maximum Gasteiger partial charge on any atom is 0.244 e. The molecule has 2 aromatic rings. The Balaban J connectivity index is 2.09. The molecule has 0 spiro atoms. The molecular formula is C22H28ClFN2O4S. The van der Waals surface area contributed by atoms with E-state index in [0.717, 1.165) is 27.9 Å². The number of benzene rings is 2. The van der Waals surface area contributed by atoms with Gasteiger partial charge in [-0.25, -0.2) is 12.8 Å². The van der Waals surface area contributed by atoms with Gasteiger partial charge in [0.1, 0.15) is 24.2 Å². The Bertz CT molecular complexity index is 1010. The molecule has 170 valence electrons. The Labute approximate surface area is 188 Å². The molecule has 0 aliphatic carbocycles. The van der Waals surface area contributed by atoms with Crippen molar-refractivity contribution in [3.8, 4) is 5.75 Å². The summed E-state index contributed by atoms with van der Waals surface area (Å²) in [6, 6.07) is 10.2. The molecule has 0 heterocycles. The molecule has 0 aromatic heterocycles. The maximum absolute atomic E-state index is 13.5. The van der Waals surface area contributed by atoms with Gasteiger partial charge in [-0.1, -0.05) is 50.6 Å². The van der Waals surface area contributed by atoms with Gasteiger partial charge in [0, 0.05) is 0 Å². The molecule has 0 fully saturated rings. The van der Waals surface area contributed by atoms with Gasteiger partial charge in [-0.05, 0) is 42.2 Å². The van der Waals surface area contributed by atoms with Crippen molar-refractivity contribution in [2.24, 2.45) is 0 Å². The van der Waals surface area contributed by atoms with Crippen LogP contribution in [-0.4, -0.2) is 39.8 Å². The number of carbonyl (C=O) groups excluding carboxylic acids is 1. The van der Waals surface area contributed by atoms with Gasteiger partial charge in [-0.3, -0.25) is 9.10 Å². The monoisotopic (exact) mass is 470 g/mol. The average Bonchev–Trinajstić information content (AvgIpc) is 2.70. The molecule has 0 saturated heterocycles. The highest BCUT2D eigenvalue weighted by molar-refractivity contribution is 7.92. The number of nitrogens with one attached hydrogen (secondary N) is 1. The fraction of sp³-hybridized carbons (Fsp3) is 0.409. The first-order valence-corrected chi connectivity index (χ1v) is 12.2. The lowest BCUT2D eigenvalue weighted by Gasteiger charge is -2.30. The van der Waals surface area contributed by atoms with E-state index in [1.54, 1.807) is 6.92 Å². The number of amides is 1. The molecule has 0 saturated carbocycles. The van der Waals surface area contributed by atoms with Gasteiger partial charge in [-0.15, -0.1) is 0 Å². The molecule has 0 aliphatic rings. The van der Waals surface area contributed by atoms with Gasteiger partial charge in [0.2, 0.25) is 15.9 Å². The maximum atomic E-state index is 13.5. The van der Waals surface area contributed by atoms with Crippen LogP contribution in [0, 0.1) is 5.82 Å². The minimum atomic E-state index is -3.83. The predicted molar refractivity (Wildman–Crippen MR) is 122 cm³/mol. The average molecular weight is 471 g/mol. The highest BCUT2D eigenvalue weighted by atomic mass is 35.5. The van der Waals surface area contributed by atoms with E-state index in [2.05, 4.69) is 19.2 Å². The van der Waals surface area contributed by atoms with E-state index in [-0.39, 0.29) is 30.3 Å². The summed E-state index contributed by atoms with van der Waals surface area (Å²) in [6.07, 6.45) is 1.21. The van der Waals surface area contributed by atoms with E-state index < -0.39 is 27.8 Å². The van der Waals surface area contributed by atoms with E-state index in [1.807, 2.05) is 24.3 Å². The number of ether oxygens (including phenoxy) is 1. The normalized spacial score (nSPS) is 12.5. The lowest BCUT2D eigenvalue weighted by Crippen LogP contribution is -2.50. The molecule has 31 heavy (non-hydrogen) atoms. The van der Waals surface area contributed by atoms with Gasteiger partial charge in [0.05, 0.1) is 23.5 Å². The summed E-state index contributed by atoms with van der Waals surface area (Å²) in [4.78, 5) is 12.8. The summed E-state index contributed by atoms with van der Waals surface area (Å²) in [5.74, 6) is -0.108. The summed E-state index contributed by atoms with van der Waals surface area (Å²) < 4.78 is 45.2. The fourth-order valence-electron chi connectivity index (χ4n) is 3.22. The molecule has 1 N–H and O–H groups in total. The highest BCUT2D eigenvalue weighted by Crippen LogP contribution is 2.28. The SMILES string of the molecule is CCC(C(=O)NCCOc1ccccc1C(C)C)N(c1ccc(F)c(Cl)c1)S(C)(=O)=O. The van der Waals surface area contributed by atoms with E-state index >= 15 is 0 Å². The van der Waals surface area contributed by atoms with Gasteiger partial charge >= 0.3 is 0 Å². The largest absolute Gasteiger partial charge is 0.491 e. The quantitative estimate of drug-likeness (QED) is 0.524. The van der Waals surface area contributed by atoms with Gasteiger partial charge in [0.15, 0.2) is 0 Å². The van der Waals surface area contributed by atoms with Crippen molar-refractivity contribution >= 4 is 33.2 Å². The Kier molecular flexibility index (Phi) is 8.70. The zero-order valence-electron chi connectivity index (χ0n) is 18.1. The van der Waals surface area contributed by atoms with Crippen LogP contribution in [0.3, 0.4) is 0 Å². The number of carbonyl (C=O) groups is 1. The van der Waals surface area contributed by atoms with Crippen LogP contribution < -0.4 is 14.4 Å². The lowest BCUT2D eigenvalue weighted by molar-refractivity contribution is -0.122. The van der Waals surface area contributed by atoms with Crippen molar-refractivity contribution < 1.29 is 22.3 Å². The molecule has 0 aliphatic heterocycles. The van der Waals surface area contributed by atoms with Gasteiger partial charge < -0.3 is 10.1 Å². The molecule has 6 nitrogen and oxygen atoms in total. The Hall–Kier alpha value is -2.32. The van der Waals surface area contributed by atoms with E-state index in [0.29, 0.717) is 5.92 Å². The summed E-state index contributed by atoms with van der Waals surface area (Å²) in [5.41, 5.74) is 1.19. The Morgan fingerprint density at radius 1 is 1.23 bits per heavy atom. The molecule has 2 aromatic carbocycles. The number of nitrogens with zero attached hydrogens (tertiary/aromatic N) is 1. The third kappa shape index (κ3) is 6.58. The number of hydrogen-bond acceptors (Lipinski definition) is 4. The van der Waals surface area contributed by atoms with Crippen LogP contribution in [-0.2, 0) is 14.8 Å². The first kappa shape index (κ1) is 24.9. The molecule has 1 unspecified atom stereocenters. The first-order chi connectivity index (χ1) is 14.6. The van der Waals surface area contributed by atoms with Crippen molar-refractivity contribution in [1.29, 1.82) is 0 Å². The highest BCUT2D eigenvalue weighted by Gasteiger charge is 2.31. The Morgan fingerprint density at radius 3 is 2.48 bits per heavy atom. The second-order valence-electron chi connectivity index (χ2n) is 7.41. The smallest absolute Gasteiger partial charge is 0.244 e. The number of rotatable bonds is 10. The number of sulfonamides is 1. The van der Waals surface area contributed by atoms with Gasteiger partial charge in [-0.2, -0.15) is 0 Å². The van der Waals surface area contributed by atoms with Crippen LogP contribution in [0.25, 0.3) is 0 Å². The minimum absolute atomic E-state index is 0.123. The second-order valence-corrected chi connectivity index (χ2v) is 9.68. The third-order valence-electron chi connectivity index (χ3n) is 4.69. The molecule has 0 radical (unpaired) electrons. The minimum Gasteiger partial charge on any atom is -0.491 e. The van der Waals surface area contributed by atoms with E-state index in [9.17, 15) is 17.6 Å². The fourth-order valence-corrected chi connectivity index (χ4v) is 4.60. The van der Waals surface area contributed by atoms with E-state index in [1.165, 1.54) is 12.1 Å². The summed E-state index contributed by atoms with van der Waals surface area (Å²) >= 11 is 5.82. The molecular weight excluding hydrogens is 443 g/mol. The molecule has 2 rings (SSSR count). The molecule has 1 amide bonds. The second kappa shape index (κ2) is 10.8. The van der Waals surface area contributed by atoms with Crippen molar-refractivity contribution in [2.45, 2.75) is 39.2 Å². The van der Waals surface area contributed by atoms with Crippen LogP contribution in [0.1, 0.15) is 38.7 Å². The zero-order chi connectivity index (χ0) is 23.2. The lowest BCUT2D eigenvalue weighted by atomic mass is 10.0. The number of anilines is 1. The van der Waals surface area contributed by atoms with Crippen LogP contribution in [0.5, 0.6) is 5.75 Å². The summed E-state index contributed by atoms with van der Waals surface area (Å²) in [6.45, 7) is 6.26. The molecule has 1 atom stereocenters. The van der Waals surface area contributed by atoms with Crippen LogP contribution in [0.4, 0.5) is 10.1 Å². The standard InChI is InChI=1S/C22H28ClFN2O4S/c1-5-20(26(31(4,28)29)16-10-11-19(24)18(23)14-16)22(27)25-12-13-30-21-9-7-6-8-17(21)15(2)3/h6-11,14-15,20H,5,12-13H2,1-4H3,(H,25,27). The number of para-hydroxylation sites is 1. The van der Waals surface area contributed by atoms with Crippen LogP contribution in [0.15, 0.2) is 42.5 Å². The summed E-state index contributed by atoms with van der Waals surface area (Å²) in [7, 11) is -3.83. The molecule has 0 bridgehead atoms.